The molecule has 2 aromatic carbocycles. The van der Waals surface area contributed by atoms with Crippen LogP contribution in [0.2, 0.25) is 0 Å². The van der Waals surface area contributed by atoms with Crippen molar-refractivity contribution in [2.45, 2.75) is 98.3 Å². The molecule has 2 N–H and O–H groups in total. The van der Waals surface area contributed by atoms with E-state index in [2.05, 4.69) is 69.2 Å². The molecule has 35 heavy (non-hydrogen) atoms. The monoisotopic (exact) mass is 480 g/mol. The van der Waals surface area contributed by atoms with Crippen LogP contribution in [0.1, 0.15) is 104 Å². The Morgan fingerprint density at radius 3 is 0.943 bits per heavy atom. The molecule has 0 unspecified atom stereocenters. The standard InChI is InChI=1S/C31H44O4/c1-27(2,3)19-29(7,8)21-11-15-23(16-12-21)31(25(32)33,26(34)35)24-17-13-22(14-18-24)30(9,10)20-28(4,5)6/h11-18H,19-20H2,1-10H3,(H,32,33)(H,34,35). The van der Waals surface area contributed by atoms with Crippen LogP contribution in [0.25, 0.3) is 0 Å². The highest BCUT2D eigenvalue weighted by molar-refractivity contribution is 6.08. The second kappa shape index (κ2) is 9.44. The van der Waals surface area contributed by atoms with E-state index in [4.69, 9.17) is 0 Å². The molecule has 0 aromatic heterocycles. The summed E-state index contributed by atoms with van der Waals surface area (Å²) in [5.74, 6) is -2.79. The first kappa shape index (κ1) is 28.6. The SMILES string of the molecule is CC(C)(C)CC(C)(C)c1ccc(C(C(=O)O)(C(=O)O)c2ccc(C(C)(C)CC(C)(C)C)cc2)cc1. The molecule has 4 nitrogen and oxygen atoms in total. The second-order valence-corrected chi connectivity index (χ2v) is 13.8. The van der Waals surface area contributed by atoms with Gasteiger partial charge in [0.1, 0.15) is 0 Å². The summed E-state index contributed by atoms with van der Waals surface area (Å²) >= 11 is 0. The van der Waals surface area contributed by atoms with E-state index in [0.717, 1.165) is 24.0 Å². The second-order valence-electron chi connectivity index (χ2n) is 13.8. The molecule has 0 fully saturated rings. The van der Waals surface area contributed by atoms with Crippen LogP contribution in [0.5, 0.6) is 0 Å². The third kappa shape index (κ3) is 6.34. The molecule has 0 aliphatic rings. The quantitative estimate of drug-likeness (QED) is 0.382. The van der Waals surface area contributed by atoms with Gasteiger partial charge in [-0.2, -0.15) is 0 Å². The van der Waals surface area contributed by atoms with Gasteiger partial charge in [0.15, 0.2) is 0 Å². The topological polar surface area (TPSA) is 74.6 Å². The summed E-state index contributed by atoms with van der Waals surface area (Å²) < 4.78 is 0. The largest absolute Gasteiger partial charge is 0.480 e. The van der Waals surface area contributed by atoms with Crippen molar-refractivity contribution in [1.82, 2.24) is 0 Å². The molecule has 2 rings (SSSR count). The fourth-order valence-electron chi connectivity index (χ4n) is 5.95. The van der Waals surface area contributed by atoms with E-state index >= 15 is 0 Å². The highest BCUT2D eigenvalue weighted by Crippen LogP contribution is 2.40. The fraction of sp³-hybridized carbons (Fsp3) is 0.548. The summed E-state index contributed by atoms with van der Waals surface area (Å²) in [5.41, 5.74) is 0.398. The predicted molar refractivity (Wildman–Crippen MR) is 143 cm³/mol. The molecule has 4 heteroatoms. The molecule has 0 atom stereocenters. The molecular formula is C31H44O4. The Morgan fingerprint density at radius 2 is 0.743 bits per heavy atom. The van der Waals surface area contributed by atoms with Crippen molar-refractivity contribution < 1.29 is 19.8 Å². The molecule has 0 spiro atoms. The first-order valence-corrected chi connectivity index (χ1v) is 12.4. The zero-order valence-corrected chi connectivity index (χ0v) is 23.2. The zero-order valence-electron chi connectivity index (χ0n) is 23.2. The minimum atomic E-state index is -2.18. The van der Waals surface area contributed by atoms with Crippen molar-refractivity contribution in [3.8, 4) is 0 Å². The Kier molecular flexibility index (Phi) is 7.72. The molecule has 0 saturated heterocycles. The Balaban J connectivity index is 2.57. The molecule has 0 amide bonds. The number of carboxylic acids is 2. The summed E-state index contributed by atoms with van der Waals surface area (Å²) in [7, 11) is 0. The number of carboxylic acid groups (broad SMARTS) is 2. The van der Waals surface area contributed by atoms with Crippen molar-refractivity contribution in [1.29, 1.82) is 0 Å². The highest BCUT2D eigenvalue weighted by atomic mass is 16.4. The van der Waals surface area contributed by atoms with E-state index in [1.807, 2.05) is 24.3 Å². The van der Waals surface area contributed by atoms with Crippen LogP contribution in [-0.4, -0.2) is 22.2 Å². The van der Waals surface area contributed by atoms with Crippen LogP contribution >= 0.6 is 0 Å². The van der Waals surface area contributed by atoms with Gasteiger partial charge in [0.05, 0.1) is 0 Å². The van der Waals surface area contributed by atoms with E-state index in [1.54, 1.807) is 24.3 Å². The van der Waals surface area contributed by atoms with Gasteiger partial charge in [-0.05, 0) is 56.8 Å². The average molecular weight is 481 g/mol. The number of benzene rings is 2. The summed E-state index contributed by atoms with van der Waals surface area (Å²) in [6, 6.07) is 14.2. The van der Waals surface area contributed by atoms with Crippen molar-refractivity contribution >= 4 is 11.9 Å². The zero-order chi connectivity index (χ0) is 27.0. The maximum absolute atomic E-state index is 12.6. The minimum absolute atomic E-state index is 0.122. The molecule has 2 aromatic rings. The van der Waals surface area contributed by atoms with E-state index in [1.165, 1.54) is 0 Å². The molecule has 0 aliphatic heterocycles. The summed E-state index contributed by atoms with van der Waals surface area (Å²) in [5, 5.41) is 20.6. The van der Waals surface area contributed by atoms with Crippen LogP contribution in [0.3, 0.4) is 0 Å². The van der Waals surface area contributed by atoms with Gasteiger partial charge in [0, 0.05) is 0 Å². The number of hydrogen-bond acceptors (Lipinski definition) is 2. The number of carbonyl (C=O) groups is 2. The number of hydrogen-bond donors (Lipinski definition) is 2. The molecule has 0 heterocycles. The molecule has 0 bridgehead atoms. The summed E-state index contributed by atoms with van der Waals surface area (Å²) in [6.07, 6.45) is 1.88. The van der Waals surface area contributed by atoms with Crippen LogP contribution in [0.4, 0.5) is 0 Å². The third-order valence-electron chi connectivity index (χ3n) is 6.78. The van der Waals surface area contributed by atoms with Gasteiger partial charge < -0.3 is 10.2 Å². The van der Waals surface area contributed by atoms with E-state index in [0.29, 0.717) is 0 Å². The van der Waals surface area contributed by atoms with Crippen LogP contribution in [-0.2, 0) is 25.8 Å². The van der Waals surface area contributed by atoms with Gasteiger partial charge in [-0.1, -0.05) is 118 Å². The van der Waals surface area contributed by atoms with Crippen LogP contribution in [0, 0.1) is 10.8 Å². The molecule has 192 valence electrons. The van der Waals surface area contributed by atoms with E-state index in [9.17, 15) is 19.8 Å². The first-order chi connectivity index (χ1) is 15.7. The molecule has 0 radical (unpaired) electrons. The maximum atomic E-state index is 12.6. The number of aliphatic carboxylic acids is 2. The van der Waals surface area contributed by atoms with Gasteiger partial charge in [0.25, 0.3) is 0 Å². The van der Waals surface area contributed by atoms with Crippen molar-refractivity contribution in [3.05, 3.63) is 70.8 Å². The first-order valence-electron chi connectivity index (χ1n) is 12.4. The average Bonchev–Trinajstić information content (AvgIpc) is 2.65. The van der Waals surface area contributed by atoms with Gasteiger partial charge in [0.2, 0.25) is 5.41 Å². The smallest absolute Gasteiger partial charge is 0.330 e. The molecule has 0 aliphatic carbocycles. The van der Waals surface area contributed by atoms with Gasteiger partial charge in [-0.3, -0.25) is 9.59 Å². The van der Waals surface area contributed by atoms with Crippen molar-refractivity contribution in [3.63, 3.8) is 0 Å². The van der Waals surface area contributed by atoms with Crippen molar-refractivity contribution in [2.75, 3.05) is 0 Å². The Hall–Kier alpha value is -2.62. The Labute approximate surface area is 211 Å². The lowest BCUT2D eigenvalue weighted by Gasteiger charge is -2.34. The van der Waals surface area contributed by atoms with Crippen LogP contribution < -0.4 is 0 Å². The summed E-state index contributed by atoms with van der Waals surface area (Å²) in [4.78, 5) is 25.2. The maximum Gasteiger partial charge on any atom is 0.330 e. The van der Waals surface area contributed by atoms with Gasteiger partial charge in [-0.25, -0.2) is 0 Å². The van der Waals surface area contributed by atoms with Crippen LogP contribution in [0.15, 0.2) is 48.5 Å². The molecular weight excluding hydrogens is 436 g/mol. The predicted octanol–water partition coefficient (Wildman–Crippen LogP) is 7.57. The van der Waals surface area contributed by atoms with Gasteiger partial charge >= 0.3 is 11.9 Å². The highest BCUT2D eigenvalue weighted by Gasteiger charge is 2.50. The van der Waals surface area contributed by atoms with Gasteiger partial charge in [-0.15, -0.1) is 0 Å². The lowest BCUT2D eigenvalue weighted by atomic mass is 9.69. The van der Waals surface area contributed by atoms with Crippen molar-refractivity contribution in [2.24, 2.45) is 10.8 Å². The fourth-order valence-corrected chi connectivity index (χ4v) is 5.95. The lowest BCUT2D eigenvalue weighted by Crippen LogP contribution is -2.45. The summed E-state index contributed by atoms with van der Waals surface area (Å²) in [6.45, 7) is 21.8. The van der Waals surface area contributed by atoms with E-state index < -0.39 is 17.4 Å². The Bertz CT molecular complexity index is 956. The third-order valence-corrected chi connectivity index (χ3v) is 6.78. The molecule has 0 saturated carbocycles. The lowest BCUT2D eigenvalue weighted by molar-refractivity contribution is -0.155. The van der Waals surface area contributed by atoms with E-state index in [-0.39, 0.29) is 32.8 Å². The minimum Gasteiger partial charge on any atom is -0.480 e. The Morgan fingerprint density at radius 1 is 0.514 bits per heavy atom. The normalized spacial score (nSPS) is 13.5. The number of rotatable bonds is 8.